The SMILES string of the molecule is CO[C@H]1C=CO[C@@]2(C)Oc3c(C)c(O)c4c(c3C2=O)C(=O)C(N2CCC(C(=O)NC3CCN(c5c(F)cc6c(=O)c(C(=O)O)cn(C7CC7)c6c5Cl)C3)CC2)=C(NC(=O)C(C)=CC=C[C@H](C)[C@H](O)[C@@H](C)[C@@H](O)[C@@H](C)[C@H](OC(C)=O)[C@@H]1C)C4=O. The Balaban J connectivity index is 1.00. The number of benzene rings is 2. The summed E-state index contributed by atoms with van der Waals surface area (Å²) < 4.78 is 41.4. The number of likely N-dealkylation sites (tertiary alicyclic amines) is 1. The van der Waals surface area contributed by atoms with Crippen LogP contribution in [0.1, 0.15) is 134 Å². The number of fused-ring (bicyclic) bond motifs is 15. The highest BCUT2D eigenvalue weighted by molar-refractivity contribution is 6.38. The maximum absolute atomic E-state index is 16.0. The lowest BCUT2D eigenvalue weighted by molar-refractivity contribution is -0.160. The fourth-order valence-corrected chi connectivity index (χ4v) is 12.7. The third-order valence-corrected chi connectivity index (χ3v) is 17.7. The summed E-state index contributed by atoms with van der Waals surface area (Å²) >= 11 is 6.91. The summed E-state index contributed by atoms with van der Waals surface area (Å²) in [6, 6.07) is 0.434. The van der Waals surface area contributed by atoms with Crippen LogP contribution in [0.25, 0.3) is 10.9 Å². The number of allylic oxidation sites excluding steroid dienone is 4. The number of phenolic OH excluding ortho intramolecular Hbond substituents is 1. The second-order valence-electron chi connectivity index (χ2n) is 22.9. The summed E-state index contributed by atoms with van der Waals surface area (Å²) in [5, 5.41) is 50.2. The lowest BCUT2D eigenvalue weighted by atomic mass is 9.78. The van der Waals surface area contributed by atoms with Crippen molar-refractivity contribution in [2.75, 3.05) is 38.2 Å². The molecule has 1 aromatic heterocycles. The van der Waals surface area contributed by atoms with Gasteiger partial charge < -0.3 is 64.4 Å². The Bertz CT molecular complexity index is 3430. The van der Waals surface area contributed by atoms with Gasteiger partial charge in [-0.2, -0.15) is 0 Å². The molecule has 6 N–H and O–H groups in total. The van der Waals surface area contributed by atoms with Crippen LogP contribution in [0.4, 0.5) is 10.1 Å². The largest absolute Gasteiger partial charge is 0.507 e. The van der Waals surface area contributed by atoms with Crippen LogP contribution in [0.3, 0.4) is 0 Å². The first-order valence-electron chi connectivity index (χ1n) is 27.8. The van der Waals surface area contributed by atoms with Crippen LogP contribution in [0.2, 0.25) is 5.02 Å². The molecular weight excluding hydrogens is 1100 g/mol. The van der Waals surface area contributed by atoms with Gasteiger partial charge in [-0.3, -0.25) is 33.6 Å². The van der Waals surface area contributed by atoms with E-state index in [0.717, 1.165) is 25.2 Å². The predicted octanol–water partition coefficient (Wildman–Crippen LogP) is 6.21. The van der Waals surface area contributed by atoms with Crippen LogP contribution in [-0.2, 0) is 28.6 Å². The Labute approximate surface area is 482 Å². The number of esters is 1. The number of ether oxygens (including phenoxy) is 4. The number of methoxy groups -OCH3 is 1. The van der Waals surface area contributed by atoms with E-state index in [1.807, 2.05) is 0 Å². The summed E-state index contributed by atoms with van der Waals surface area (Å²) in [7, 11) is 1.40. The second kappa shape index (κ2) is 23.3. The number of aromatic hydroxyl groups is 1. The van der Waals surface area contributed by atoms with Crippen LogP contribution >= 0.6 is 11.6 Å². The molecule has 7 aliphatic rings. The number of aliphatic hydroxyl groups is 2. The molecule has 0 radical (unpaired) electrons. The van der Waals surface area contributed by atoms with Gasteiger partial charge in [0.05, 0.1) is 62.9 Å². The molecule has 5 aliphatic heterocycles. The molecule has 6 heterocycles. The number of amides is 2. The van der Waals surface area contributed by atoms with Crippen molar-refractivity contribution >= 4 is 69.3 Å². The van der Waals surface area contributed by atoms with Gasteiger partial charge in [0, 0.05) is 106 Å². The standard InChI is InChI=1S/C60H69ClFN5O16/c1-26-11-10-12-27(2)57(76)64-44-47(65-19-15-33(16-20-65)58(77)63-34-17-21-66(24-34)46-38(62)23-36-45(43(46)61)67(35-13-14-35)25-37(51(36)72)59(78)79)53(74)40-41(52(44)73)50(71)31(6)55-42(40)56(75)60(8,83-55)81-22-18-39(80-9)28(3)54(82-32(7)68)30(5)49(70)29(4)48(26)69/h10-12,18,22-23,25-26,28-30,33-35,39,48-49,54,69-71H,13-17,19-21,24H2,1-9H3,(H,63,77)(H,64,76)(H,78,79)/t26-,28+,29+,30+,34?,39-,48-,49+,54+,60-/m0/s1. The van der Waals surface area contributed by atoms with Gasteiger partial charge in [0.15, 0.2) is 0 Å². The molecule has 83 heavy (non-hydrogen) atoms. The number of ketones is 3. The number of aromatic nitrogens is 1. The molecule has 3 fully saturated rings. The first-order valence-corrected chi connectivity index (χ1v) is 28.2. The van der Waals surface area contributed by atoms with Gasteiger partial charge in [-0.05, 0) is 58.1 Å². The van der Waals surface area contributed by atoms with E-state index in [2.05, 4.69) is 10.6 Å². The number of pyridine rings is 1. The summed E-state index contributed by atoms with van der Waals surface area (Å²) in [5.74, 6) is -13.3. The van der Waals surface area contributed by atoms with E-state index in [-0.39, 0.29) is 101 Å². The number of nitrogens with zero attached hydrogens (tertiary/aromatic N) is 3. The number of piperidine rings is 1. The van der Waals surface area contributed by atoms with Gasteiger partial charge >= 0.3 is 17.7 Å². The van der Waals surface area contributed by atoms with Gasteiger partial charge in [-0.1, -0.05) is 57.5 Å². The zero-order chi connectivity index (χ0) is 60.4. The van der Waals surface area contributed by atoms with E-state index in [4.69, 9.17) is 30.5 Å². The first-order chi connectivity index (χ1) is 39.2. The summed E-state index contributed by atoms with van der Waals surface area (Å²) in [4.78, 5) is 114. The molecule has 1 unspecified atom stereocenters. The van der Waals surface area contributed by atoms with Crippen LogP contribution in [-0.4, -0.2) is 141 Å². The summed E-state index contributed by atoms with van der Waals surface area (Å²) in [6.45, 7) is 12.6. The monoisotopic (exact) mass is 1170 g/mol. The molecular formula is C60H69ClFN5O16. The van der Waals surface area contributed by atoms with E-state index < -0.39 is 140 Å². The van der Waals surface area contributed by atoms with Crippen molar-refractivity contribution in [2.45, 2.75) is 130 Å². The lowest BCUT2D eigenvalue weighted by Crippen LogP contribution is -2.47. The summed E-state index contributed by atoms with van der Waals surface area (Å²) in [6.07, 6.45) is 6.37. The minimum atomic E-state index is -2.19. The van der Waals surface area contributed by atoms with E-state index in [1.54, 1.807) is 48.1 Å². The zero-order valence-electron chi connectivity index (χ0n) is 47.5. The quantitative estimate of drug-likeness (QED) is 0.137. The lowest BCUT2D eigenvalue weighted by Gasteiger charge is -2.38. The molecule has 10 rings (SSSR count). The molecule has 1 saturated carbocycles. The molecule has 23 heteroatoms. The number of rotatable bonds is 8. The van der Waals surface area contributed by atoms with Gasteiger partial charge in [-0.25, -0.2) is 9.18 Å². The van der Waals surface area contributed by atoms with Crippen molar-refractivity contribution in [3.63, 3.8) is 0 Å². The fraction of sp³-hybridized carbons (Fsp3) is 0.500. The van der Waals surface area contributed by atoms with Gasteiger partial charge in [-0.15, -0.1) is 0 Å². The Kier molecular flexibility index (Phi) is 16.9. The Hall–Kier alpha value is -7.40. The highest BCUT2D eigenvalue weighted by Crippen LogP contribution is 2.50. The topological polar surface area (TPSA) is 290 Å². The molecule has 444 valence electrons. The number of halogens is 2. The van der Waals surface area contributed by atoms with E-state index in [0.29, 0.717) is 6.42 Å². The van der Waals surface area contributed by atoms with E-state index >= 15 is 14.0 Å². The number of nitrogens with one attached hydrogen (secondary N) is 2. The third-order valence-electron chi connectivity index (χ3n) is 17.3. The Morgan fingerprint density at radius 2 is 1.57 bits per heavy atom. The Morgan fingerprint density at radius 3 is 2.20 bits per heavy atom. The highest BCUT2D eigenvalue weighted by Gasteiger charge is 2.53. The number of aliphatic hydroxyl groups excluding tert-OH is 2. The normalized spacial score (nSPS) is 28.3. The van der Waals surface area contributed by atoms with E-state index in [9.17, 15) is 49.2 Å². The van der Waals surface area contributed by atoms with Crippen molar-refractivity contribution in [1.82, 2.24) is 20.1 Å². The third kappa shape index (κ3) is 11.1. The van der Waals surface area contributed by atoms with Crippen molar-refractivity contribution in [3.05, 3.63) is 109 Å². The molecule has 0 spiro atoms. The van der Waals surface area contributed by atoms with Crippen LogP contribution < -0.4 is 25.7 Å². The number of carbonyl (C=O) groups excluding carboxylic acids is 6. The maximum Gasteiger partial charge on any atom is 0.341 e. The smallest absolute Gasteiger partial charge is 0.341 e. The number of hydrogen-bond acceptors (Lipinski definition) is 17. The molecule has 3 aromatic rings. The van der Waals surface area contributed by atoms with E-state index in [1.165, 1.54) is 59.2 Å². The number of aromatic carboxylic acids is 1. The minimum Gasteiger partial charge on any atom is -0.507 e. The molecule has 21 nitrogen and oxygen atoms in total. The fourth-order valence-electron chi connectivity index (χ4n) is 12.3. The Morgan fingerprint density at radius 1 is 0.892 bits per heavy atom. The number of phenols is 1. The highest BCUT2D eigenvalue weighted by atomic mass is 35.5. The molecule has 2 aliphatic carbocycles. The number of anilines is 1. The number of carboxylic acids is 1. The van der Waals surface area contributed by atoms with Crippen molar-refractivity contribution < 1.29 is 77.3 Å². The minimum absolute atomic E-state index is 0.000685. The molecule has 5 bridgehead atoms. The summed E-state index contributed by atoms with van der Waals surface area (Å²) in [5.41, 5.74) is -3.28. The van der Waals surface area contributed by atoms with Crippen molar-refractivity contribution in [1.29, 1.82) is 0 Å². The first kappa shape index (κ1) is 60.2. The van der Waals surface area contributed by atoms with Gasteiger partial charge in [0.2, 0.25) is 22.9 Å². The zero-order valence-corrected chi connectivity index (χ0v) is 48.3. The number of carbonyl (C=O) groups is 7. The predicted molar refractivity (Wildman–Crippen MR) is 300 cm³/mol. The number of carboxylic acid groups (broad SMARTS) is 1. The average Bonchev–Trinajstić information content (AvgIpc) is 2.31. The number of Topliss-reactive ketones (excluding diaryl/α,β-unsaturated/α-hetero) is 3. The average molecular weight is 1170 g/mol. The van der Waals surface area contributed by atoms with Gasteiger partial charge in [0.25, 0.3) is 11.7 Å². The molecule has 10 atom stereocenters. The van der Waals surface area contributed by atoms with Crippen LogP contribution in [0, 0.1) is 42.3 Å². The van der Waals surface area contributed by atoms with Crippen molar-refractivity contribution in [2.24, 2.45) is 29.6 Å². The van der Waals surface area contributed by atoms with Crippen molar-refractivity contribution in [3.8, 4) is 11.5 Å². The number of hydrogen-bond donors (Lipinski definition) is 6. The van der Waals surface area contributed by atoms with Crippen LogP contribution in [0.15, 0.2) is 64.6 Å². The molecule has 2 saturated heterocycles. The second-order valence-corrected chi connectivity index (χ2v) is 23.3. The maximum atomic E-state index is 16.0. The molecule has 2 aromatic carbocycles. The molecule has 2 amide bonds. The van der Waals surface area contributed by atoms with Crippen LogP contribution in [0.5, 0.6) is 11.5 Å². The van der Waals surface area contributed by atoms with Gasteiger partial charge in [0.1, 0.15) is 40.4 Å².